The minimum absolute atomic E-state index is 0.291. The quantitative estimate of drug-likeness (QED) is 0.773. The molecule has 0 unspecified atom stereocenters. The van der Waals surface area contributed by atoms with Crippen LogP contribution in [0.5, 0.6) is 0 Å². The summed E-state index contributed by atoms with van der Waals surface area (Å²) in [7, 11) is 0. The Labute approximate surface area is 111 Å². The Bertz CT molecular complexity index is 438. The summed E-state index contributed by atoms with van der Waals surface area (Å²) in [5.74, 6) is 0.0219. The number of aromatic nitrogens is 3. The summed E-state index contributed by atoms with van der Waals surface area (Å²) in [5.41, 5.74) is 0.291. The number of hydrogen-bond donors (Lipinski definition) is 1. The fourth-order valence-corrected chi connectivity index (χ4v) is 2.19. The van der Waals surface area contributed by atoms with E-state index < -0.39 is 0 Å². The molecule has 1 aromatic rings. The fourth-order valence-electron chi connectivity index (χ4n) is 2.19. The number of ether oxygens (including phenoxy) is 2. The molecule has 1 aromatic heterocycles. The maximum absolute atomic E-state index is 11.8. The van der Waals surface area contributed by atoms with Crippen molar-refractivity contribution in [3.8, 4) is 0 Å². The summed E-state index contributed by atoms with van der Waals surface area (Å²) < 4.78 is 12.3. The van der Waals surface area contributed by atoms with E-state index in [4.69, 9.17) is 9.47 Å². The van der Waals surface area contributed by atoms with Crippen molar-refractivity contribution in [2.24, 2.45) is 5.92 Å². The van der Waals surface area contributed by atoms with Gasteiger partial charge in [-0.15, -0.1) is 5.10 Å². The molecule has 0 amide bonds. The lowest BCUT2D eigenvalue weighted by Crippen LogP contribution is -2.43. The van der Waals surface area contributed by atoms with Crippen LogP contribution in [0.2, 0.25) is 0 Å². The molecular formula is C12H18N4O3. The van der Waals surface area contributed by atoms with Crippen LogP contribution in [-0.2, 0) is 9.47 Å². The van der Waals surface area contributed by atoms with Crippen LogP contribution in [0.15, 0.2) is 6.20 Å². The number of hydrogen-bond acceptors (Lipinski definition) is 6. The van der Waals surface area contributed by atoms with Crippen LogP contribution in [0.1, 0.15) is 29.4 Å². The molecule has 7 heteroatoms. The number of rotatable bonds is 4. The molecule has 2 aliphatic rings. The highest BCUT2D eigenvalue weighted by atomic mass is 16.5. The van der Waals surface area contributed by atoms with Crippen LogP contribution in [0.25, 0.3) is 0 Å². The maximum Gasteiger partial charge on any atom is 0.360 e. The van der Waals surface area contributed by atoms with E-state index >= 15 is 0 Å². The minimum atomic E-state index is -0.384. The SMILES string of the molecule is O=C(OCC1CCOCC1)c1cn(C2CNC2)nn1. The minimum Gasteiger partial charge on any atom is -0.461 e. The zero-order valence-corrected chi connectivity index (χ0v) is 10.7. The van der Waals surface area contributed by atoms with Crippen molar-refractivity contribution >= 4 is 5.97 Å². The van der Waals surface area contributed by atoms with Crippen LogP contribution in [0.3, 0.4) is 0 Å². The Hall–Kier alpha value is -1.47. The molecule has 3 rings (SSSR count). The van der Waals surface area contributed by atoms with Gasteiger partial charge in [-0.05, 0) is 18.8 Å². The molecular weight excluding hydrogens is 248 g/mol. The number of carbonyl (C=O) groups is 1. The second-order valence-corrected chi connectivity index (χ2v) is 5.05. The van der Waals surface area contributed by atoms with E-state index in [9.17, 15) is 4.79 Å². The van der Waals surface area contributed by atoms with Crippen molar-refractivity contribution in [1.82, 2.24) is 20.3 Å². The second kappa shape index (κ2) is 5.66. The Balaban J connectivity index is 1.50. The van der Waals surface area contributed by atoms with Crippen molar-refractivity contribution in [3.63, 3.8) is 0 Å². The number of carbonyl (C=O) groups excluding carboxylic acids is 1. The zero-order valence-electron chi connectivity index (χ0n) is 10.7. The van der Waals surface area contributed by atoms with Crippen molar-refractivity contribution in [1.29, 1.82) is 0 Å². The van der Waals surface area contributed by atoms with E-state index in [2.05, 4.69) is 15.6 Å². The topological polar surface area (TPSA) is 78.3 Å². The third-order valence-corrected chi connectivity index (χ3v) is 3.64. The monoisotopic (exact) mass is 266 g/mol. The molecule has 0 atom stereocenters. The van der Waals surface area contributed by atoms with Crippen LogP contribution in [0.4, 0.5) is 0 Å². The Morgan fingerprint density at radius 1 is 1.47 bits per heavy atom. The molecule has 0 aromatic carbocycles. The normalized spacial score (nSPS) is 21.1. The number of nitrogens with zero attached hydrogens (tertiary/aromatic N) is 3. The average Bonchev–Trinajstić information content (AvgIpc) is 2.84. The highest BCUT2D eigenvalue weighted by Gasteiger charge is 2.23. The second-order valence-electron chi connectivity index (χ2n) is 5.05. The fraction of sp³-hybridized carbons (Fsp3) is 0.750. The molecule has 19 heavy (non-hydrogen) atoms. The molecule has 7 nitrogen and oxygen atoms in total. The Morgan fingerprint density at radius 2 is 2.26 bits per heavy atom. The van der Waals surface area contributed by atoms with Gasteiger partial charge in [-0.2, -0.15) is 0 Å². The molecule has 104 valence electrons. The first-order valence-electron chi connectivity index (χ1n) is 6.70. The molecule has 2 saturated heterocycles. The molecule has 0 radical (unpaired) electrons. The summed E-state index contributed by atoms with van der Waals surface area (Å²) in [6.07, 6.45) is 3.57. The van der Waals surface area contributed by atoms with Crippen LogP contribution >= 0.6 is 0 Å². The van der Waals surface area contributed by atoms with E-state index in [1.807, 2.05) is 0 Å². The van der Waals surface area contributed by atoms with E-state index in [1.165, 1.54) is 0 Å². The standard InChI is InChI=1S/C12H18N4O3/c17-12(19-8-9-1-3-18-4-2-9)11-7-16(15-14-11)10-5-13-6-10/h7,9-10,13H,1-6,8H2. The summed E-state index contributed by atoms with van der Waals surface area (Å²) in [6.45, 7) is 3.71. The van der Waals surface area contributed by atoms with Gasteiger partial charge < -0.3 is 14.8 Å². The lowest BCUT2D eigenvalue weighted by atomic mass is 10.0. The van der Waals surface area contributed by atoms with Gasteiger partial charge in [-0.1, -0.05) is 5.21 Å². The van der Waals surface area contributed by atoms with E-state index in [0.717, 1.165) is 39.1 Å². The van der Waals surface area contributed by atoms with Crippen molar-refractivity contribution in [2.75, 3.05) is 32.9 Å². The Kier molecular flexibility index (Phi) is 3.74. The first-order chi connectivity index (χ1) is 9.33. The van der Waals surface area contributed by atoms with Gasteiger partial charge in [-0.3, -0.25) is 0 Å². The van der Waals surface area contributed by atoms with Gasteiger partial charge in [0.15, 0.2) is 5.69 Å². The van der Waals surface area contributed by atoms with Crippen LogP contribution < -0.4 is 5.32 Å². The zero-order chi connectivity index (χ0) is 13.1. The highest BCUT2D eigenvalue weighted by molar-refractivity contribution is 5.86. The van der Waals surface area contributed by atoms with Gasteiger partial charge in [0.05, 0.1) is 18.8 Å². The van der Waals surface area contributed by atoms with Gasteiger partial charge in [0, 0.05) is 26.3 Å². The van der Waals surface area contributed by atoms with E-state index in [-0.39, 0.29) is 5.97 Å². The van der Waals surface area contributed by atoms with Crippen molar-refractivity contribution in [2.45, 2.75) is 18.9 Å². The molecule has 3 heterocycles. The molecule has 0 spiro atoms. The van der Waals surface area contributed by atoms with Gasteiger partial charge in [-0.25, -0.2) is 9.48 Å². The summed E-state index contributed by atoms with van der Waals surface area (Å²) in [4.78, 5) is 11.8. The van der Waals surface area contributed by atoms with E-state index in [0.29, 0.717) is 24.3 Å². The molecule has 0 aliphatic carbocycles. The number of nitrogens with one attached hydrogen (secondary N) is 1. The van der Waals surface area contributed by atoms with Gasteiger partial charge in [0.2, 0.25) is 0 Å². The summed E-state index contributed by atoms with van der Waals surface area (Å²) in [6, 6.07) is 0.310. The average molecular weight is 266 g/mol. The first kappa shape index (κ1) is 12.6. The molecule has 1 N–H and O–H groups in total. The summed E-state index contributed by atoms with van der Waals surface area (Å²) in [5, 5.41) is 11.0. The van der Waals surface area contributed by atoms with Crippen LogP contribution in [0, 0.1) is 5.92 Å². The molecule has 2 fully saturated rings. The third kappa shape index (κ3) is 2.93. The smallest absolute Gasteiger partial charge is 0.360 e. The van der Waals surface area contributed by atoms with Gasteiger partial charge in [0.1, 0.15) is 0 Å². The first-order valence-corrected chi connectivity index (χ1v) is 6.70. The third-order valence-electron chi connectivity index (χ3n) is 3.64. The Morgan fingerprint density at radius 3 is 2.95 bits per heavy atom. The van der Waals surface area contributed by atoms with Gasteiger partial charge >= 0.3 is 5.97 Å². The number of esters is 1. The summed E-state index contributed by atoms with van der Waals surface area (Å²) >= 11 is 0. The predicted molar refractivity (Wildman–Crippen MR) is 65.8 cm³/mol. The lowest BCUT2D eigenvalue weighted by Gasteiger charge is -2.26. The molecule has 0 bridgehead atoms. The highest BCUT2D eigenvalue weighted by Crippen LogP contribution is 2.16. The lowest BCUT2D eigenvalue weighted by molar-refractivity contribution is 0.0181. The van der Waals surface area contributed by atoms with E-state index in [1.54, 1.807) is 10.9 Å². The maximum atomic E-state index is 11.8. The largest absolute Gasteiger partial charge is 0.461 e. The van der Waals surface area contributed by atoms with Crippen molar-refractivity contribution < 1.29 is 14.3 Å². The molecule has 2 aliphatic heterocycles. The van der Waals surface area contributed by atoms with Crippen LogP contribution in [-0.4, -0.2) is 53.9 Å². The predicted octanol–water partition coefficient (Wildman–Crippen LogP) is 0.00580. The van der Waals surface area contributed by atoms with Crippen molar-refractivity contribution in [3.05, 3.63) is 11.9 Å². The molecule has 0 saturated carbocycles. The van der Waals surface area contributed by atoms with Gasteiger partial charge in [0.25, 0.3) is 0 Å².